The number of aliphatic hydroxyl groups is 1. The van der Waals surface area contributed by atoms with Gasteiger partial charge in [0, 0.05) is 99.9 Å². The molecular weight excluding hydrogens is 973 g/mol. The van der Waals surface area contributed by atoms with Crippen molar-refractivity contribution in [2.45, 2.75) is 115 Å². The van der Waals surface area contributed by atoms with Crippen molar-refractivity contribution in [2.75, 3.05) is 89.2 Å². The van der Waals surface area contributed by atoms with E-state index in [0.29, 0.717) is 95.3 Å². The maximum absolute atomic E-state index is 17.5. The molecule has 2 N–H and O–H groups in total. The monoisotopic (exact) mass is 1040 g/mol. The quantitative estimate of drug-likeness (QED) is 0.0835. The minimum absolute atomic E-state index is 0.00729. The molecule has 5 aromatic rings. The highest BCUT2D eigenvalue weighted by atomic mass is 19.1. The number of aryl methyl sites for hydroxylation is 1. The Morgan fingerprint density at radius 1 is 0.868 bits per heavy atom. The molecule has 2 atom stereocenters. The number of carbonyl (C=O) groups excluding carboxylic acids is 3. The first kappa shape index (κ1) is 50.7. The van der Waals surface area contributed by atoms with Crippen molar-refractivity contribution in [2.24, 2.45) is 10.8 Å². The number of hydrogen-bond acceptors (Lipinski definition) is 14. The van der Waals surface area contributed by atoms with E-state index in [4.69, 9.17) is 29.2 Å². The van der Waals surface area contributed by atoms with Crippen LogP contribution in [0.4, 0.5) is 20.3 Å². The number of methoxy groups -OCH3 is 1. The average Bonchev–Trinajstić information content (AvgIpc) is 4.13. The number of aromatic nitrogens is 3. The van der Waals surface area contributed by atoms with Crippen molar-refractivity contribution in [3.63, 3.8) is 0 Å². The molecule has 3 aromatic carbocycles. The van der Waals surface area contributed by atoms with E-state index in [1.165, 1.54) is 38.9 Å². The van der Waals surface area contributed by atoms with Crippen LogP contribution in [0.15, 0.2) is 48.7 Å². The molecule has 6 fully saturated rings. The summed E-state index contributed by atoms with van der Waals surface area (Å²) in [5.74, 6) is -0.996. The maximum atomic E-state index is 17.5. The number of benzene rings is 3. The van der Waals surface area contributed by atoms with Crippen molar-refractivity contribution < 1.29 is 42.5 Å². The molecule has 16 nitrogen and oxygen atoms in total. The molecule has 0 radical (unpaired) electrons. The highest BCUT2D eigenvalue weighted by Gasteiger charge is 2.56. The first-order chi connectivity index (χ1) is 36.5. The summed E-state index contributed by atoms with van der Waals surface area (Å²) in [6.45, 7) is 14.5. The molecule has 2 aromatic heterocycles. The smallest absolute Gasteiger partial charge is 0.319 e. The minimum atomic E-state index is -0.965. The molecule has 7 heterocycles. The number of rotatable bonds is 14. The van der Waals surface area contributed by atoms with E-state index in [2.05, 4.69) is 33.0 Å². The maximum Gasteiger partial charge on any atom is 0.319 e. The van der Waals surface area contributed by atoms with E-state index in [-0.39, 0.29) is 59.0 Å². The van der Waals surface area contributed by atoms with Gasteiger partial charge in [0.25, 0.3) is 5.91 Å². The van der Waals surface area contributed by atoms with E-state index in [1.54, 1.807) is 29.3 Å². The lowest BCUT2D eigenvalue weighted by atomic mass is 9.53. The molecular formula is C58H69F2N9O7. The molecule has 2 aliphatic carbocycles. The summed E-state index contributed by atoms with van der Waals surface area (Å²) in [7, 11) is 1.52. The van der Waals surface area contributed by atoms with Crippen LogP contribution in [0.2, 0.25) is 0 Å². The molecule has 4 saturated heterocycles. The fourth-order valence-electron chi connectivity index (χ4n) is 14.0. The van der Waals surface area contributed by atoms with Gasteiger partial charge in [-0.1, -0.05) is 13.0 Å². The molecule has 18 heteroatoms. The molecule has 7 aliphatic rings. The van der Waals surface area contributed by atoms with Gasteiger partial charge in [-0.05, 0) is 155 Å². The number of likely N-dealkylation sites (tertiary alicyclic amines) is 1. The number of nitrogens with zero attached hydrogens (tertiary/aromatic N) is 8. The van der Waals surface area contributed by atoms with E-state index in [0.717, 1.165) is 76.3 Å². The second-order valence-corrected chi connectivity index (χ2v) is 23.7. The Morgan fingerprint density at radius 2 is 1.66 bits per heavy atom. The third kappa shape index (κ3) is 9.40. The predicted molar refractivity (Wildman–Crippen MR) is 283 cm³/mol. The number of β-amino-alcohol motifs (C(OH)–C–C–N with tert-alkyl or cyclic N) is 1. The second-order valence-electron chi connectivity index (χ2n) is 23.7. The summed E-state index contributed by atoms with van der Waals surface area (Å²) >= 11 is 0. The van der Waals surface area contributed by atoms with Gasteiger partial charge in [0.1, 0.15) is 34.6 Å². The van der Waals surface area contributed by atoms with E-state index >= 15 is 8.78 Å². The van der Waals surface area contributed by atoms with Gasteiger partial charge in [-0.25, -0.2) is 8.78 Å². The molecule has 76 heavy (non-hydrogen) atoms. The Balaban J connectivity index is 0.695. The van der Waals surface area contributed by atoms with Gasteiger partial charge < -0.3 is 38.9 Å². The van der Waals surface area contributed by atoms with Crippen LogP contribution in [0.1, 0.15) is 106 Å². The number of imide groups is 1. The highest BCUT2D eigenvalue weighted by molar-refractivity contribution is 6.06. The predicted octanol–water partition coefficient (Wildman–Crippen LogP) is 7.40. The topological polar surface area (TPSA) is 166 Å². The van der Waals surface area contributed by atoms with Crippen molar-refractivity contribution in [3.8, 4) is 23.0 Å². The third-order valence-electron chi connectivity index (χ3n) is 18.1. The normalized spacial score (nSPS) is 24.3. The molecule has 0 bridgehead atoms. The molecule has 2 saturated carbocycles. The van der Waals surface area contributed by atoms with Crippen LogP contribution >= 0.6 is 0 Å². The van der Waals surface area contributed by atoms with Crippen LogP contribution in [0.3, 0.4) is 0 Å². The van der Waals surface area contributed by atoms with Crippen LogP contribution in [-0.4, -0.2) is 149 Å². The van der Waals surface area contributed by atoms with E-state index in [1.807, 2.05) is 30.9 Å². The van der Waals surface area contributed by atoms with E-state index in [9.17, 15) is 19.5 Å². The summed E-state index contributed by atoms with van der Waals surface area (Å²) in [6.07, 6.45) is 10.7. The van der Waals surface area contributed by atoms with Crippen molar-refractivity contribution in [1.82, 2.24) is 35.0 Å². The van der Waals surface area contributed by atoms with Gasteiger partial charge in [-0.15, -0.1) is 0 Å². The SMILES string of the molecule is CCc1c(F)ccc2cc(OCOC)cc(-c3ncc4c(N5CCC[C@@](C)(O)C5)nc(OCC5(CN6CCC7(CC6)CC(C)(N6CCN(c8ccc9c(c8)CN(C8CCC(=O)NC8=O)C9=O)CC6)C7)CC5)nc4c3F)c12. The fraction of sp³-hybridized carbons (Fsp3) is 0.552. The van der Waals surface area contributed by atoms with Crippen molar-refractivity contribution in [1.29, 1.82) is 0 Å². The van der Waals surface area contributed by atoms with Crippen molar-refractivity contribution in [3.05, 3.63) is 77.0 Å². The zero-order chi connectivity index (χ0) is 52.7. The molecule has 12 rings (SSSR count). The lowest BCUT2D eigenvalue weighted by Crippen LogP contribution is -2.65. The Hall–Kier alpha value is -6.08. The molecule has 1 unspecified atom stereocenters. The second kappa shape index (κ2) is 19.4. The molecule has 3 amide bonds. The van der Waals surface area contributed by atoms with Gasteiger partial charge in [-0.2, -0.15) is 9.97 Å². The van der Waals surface area contributed by atoms with Gasteiger partial charge >= 0.3 is 6.01 Å². The van der Waals surface area contributed by atoms with Gasteiger partial charge in [0.2, 0.25) is 11.8 Å². The molecule has 5 aliphatic heterocycles. The summed E-state index contributed by atoms with van der Waals surface area (Å²) in [4.78, 5) is 63.3. The summed E-state index contributed by atoms with van der Waals surface area (Å²) in [5, 5.41) is 15.2. The number of nitrogens with one attached hydrogen (secondary N) is 1. The highest BCUT2D eigenvalue weighted by Crippen LogP contribution is 2.58. The van der Waals surface area contributed by atoms with E-state index < -0.39 is 23.4 Å². The Kier molecular flexibility index (Phi) is 13.0. The fourth-order valence-corrected chi connectivity index (χ4v) is 14.0. The lowest BCUT2D eigenvalue weighted by molar-refractivity contribution is -0.136. The van der Waals surface area contributed by atoms with Crippen LogP contribution in [0.5, 0.6) is 11.8 Å². The van der Waals surface area contributed by atoms with Crippen LogP contribution < -0.4 is 24.6 Å². The largest absolute Gasteiger partial charge is 0.468 e. The Morgan fingerprint density at radius 3 is 2.38 bits per heavy atom. The standard InChI is InChI=1S/C58H69F2N9O7/c1-5-40-44(59)10-7-36-26-39(76-35-74-4)27-42(47(36)40)49-48(60)50-43(28-61-49)51(67-18-6-13-56(3,73)32-67)64-54(63-50)75-34-58(14-15-58)33-65-19-16-57(17-20-65)30-55(2,31-57)68-23-21-66(22-24-68)38-8-9-41-37(25-38)29-69(53(41)72)45-11-12-46(70)62-52(45)71/h7-10,25-28,45,73H,5-6,11-24,29-35H2,1-4H3,(H,62,70,71)/t45?,56-/m1/s1. The number of anilines is 2. The Labute approximate surface area is 442 Å². The number of fused-ring (bicyclic) bond motifs is 3. The number of carbonyl (C=O) groups is 3. The van der Waals surface area contributed by atoms with Crippen LogP contribution in [-0.2, 0) is 27.3 Å². The number of amides is 3. The first-order valence-electron chi connectivity index (χ1n) is 27.4. The Bertz CT molecular complexity index is 3130. The average molecular weight is 1040 g/mol. The van der Waals surface area contributed by atoms with Crippen LogP contribution in [0.25, 0.3) is 32.9 Å². The first-order valence-corrected chi connectivity index (χ1v) is 27.4. The van der Waals surface area contributed by atoms with Gasteiger partial charge in [0.05, 0.1) is 17.6 Å². The number of pyridine rings is 1. The number of piperidine rings is 3. The summed E-state index contributed by atoms with van der Waals surface area (Å²) in [5.41, 5.74) is 3.04. The number of piperazine rings is 1. The summed E-state index contributed by atoms with van der Waals surface area (Å²) < 4.78 is 50.4. The summed E-state index contributed by atoms with van der Waals surface area (Å²) in [6, 6.07) is 12.1. The van der Waals surface area contributed by atoms with Gasteiger partial charge in [0.15, 0.2) is 12.6 Å². The van der Waals surface area contributed by atoms with Crippen molar-refractivity contribution >= 4 is 50.9 Å². The molecule has 402 valence electrons. The van der Waals surface area contributed by atoms with Gasteiger partial charge in [-0.3, -0.25) is 29.6 Å². The molecule has 1 spiro atoms. The lowest BCUT2D eigenvalue weighted by Gasteiger charge is -2.63. The third-order valence-corrected chi connectivity index (χ3v) is 18.1. The minimum Gasteiger partial charge on any atom is -0.468 e. The zero-order valence-corrected chi connectivity index (χ0v) is 44.2. The zero-order valence-electron chi connectivity index (χ0n) is 44.2. The number of ether oxygens (including phenoxy) is 3. The number of halogens is 2. The van der Waals surface area contributed by atoms with Crippen LogP contribution in [0, 0.1) is 22.5 Å². The number of hydrogen-bond donors (Lipinski definition) is 2.